The Bertz CT molecular complexity index is 582. The molecule has 0 saturated heterocycles. The largest absolute Gasteiger partial charge is 0.468 e. The number of carbonyl (C=O) groups excluding carboxylic acids is 2. The molecule has 0 unspecified atom stereocenters. The Labute approximate surface area is 156 Å². The molecule has 0 saturated carbocycles. The number of anilines is 1. The minimum absolute atomic E-state index is 0.140. The van der Waals surface area contributed by atoms with Crippen molar-refractivity contribution < 1.29 is 18.8 Å². The maximum Gasteiger partial charge on any atom is 0.315 e. The third-order valence-corrected chi connectivity index (χ3v) is 9.71. The van der Waals surface area contributed by atoms with Crippen LogP contribution in [0.15, 0.2) is 24.3 Å². The Kier molecular flexibility index (Phi) is 8.17. The van der Waals surface area contributed by atoms with Gasteiger partial charge in [-0.15, -0.1) is 11.8 Å². The maximum atomic E-state index is 11.8. The average molecular weight is 384 g/mol. The molecule has 25 heavy (non-hydrogen) atoms. The number of hydrogen-bond donors (Lipinski definition) is 1. The van der Waals surface area contributed by atoms with Crippen molar-refractivity contribution in [3.8, 4) is 0 Å². The van der Waals surface area contributed by atoms with Crippen molar-refractivity contribution in [1.29, 1.82) is 0 Å². The molecule has 0 heterocycles. The van der Waals surface area contributed by atoms with Crippen LogP contribution in [0, 0.1) is 0 Å². The molecule has 7 heteroatoms. The molecule has 1 amide bonds. The minimum atomic E-state index is -1.77. The van der Waals surface area contributed by atoms with E-state index in [9.17, 15) is 9.59 Å². The second-order valence-electron chi connectivity index (χ2n) is 7.36. The Morgan fingerprint density at radius 2 is 1.72 bits per heavy atom. The number of carbonyl (C=O) groups is 2. The van der Waals surface area contributed by atoms with Gasteiger partial charge in [0.1, 0.15) is 0 Å². The van der Waals surface area contributed by atoms with E-state index >= 15 is 0 Å². The van der Waals surface area contributed by atoms with Crippen LogP contribution in [0.5, 0.6) is 0 Å². The van der Waals surface area contributed by atoms with Crippen molar-refractivity contribution in [3.05, 3.63) is 29.8 Å². The Morgan fingerprint density at radius 3 is 2.24 bits per heavy atom. The lowest BCUT2D eigenvalue weighted by Crippen LogP contribution is -2.40. The van der Waals surface area contributed by atoms with Crippen LogP contribution in [0.3, 0.4) is 0 Å². The molecule has 140 valence electrons. The molecule has 1 aromatic carbocycles. The van der Waals surface area contributed by atoms with Crippen LogP contribution in [0.2, 0.25) is 18.1 Å². The van der Waals surface area contributed by atoms with Crippen molar-refractivity contribution >= 4 is 37.6 Å². The first-order valence-corrected chi connectivity index (χ1v) is 12.3. The average Bonchev–Trinajstić information content (AvgIpc) is 2.53. The number of hydrogen-bond acceptors (Lipinski definition) is 5. The van der Waals surface area contributed by atoms with Crippen molar-refractivity contribution in [2.45, 2.75) is 45.5 Å². The third kappa shape index (κ3) is 7.62. The third-order valence-electron chi connectivity index (χ3n) is 4.32. The number of ether oxygens (including phenoxy) is 1. The van der Waals surface area contributed by atoms with Crippen LogP contribution in [0.1, 0.15) is 26.3 Å². The molecule has 0 aromatic heterocycles. The first kappa shape index (κ1) is 21.7. The fourth-order valence-electron chi connectivity index (χ4n) is 1.65. The summed E-state index contributed by atoms with van der Waals surface area (Å²) in [5.74, 6) is -0.0815. The molecule has 0 fully saturated rings. The fourth-order valence-corrected chi connectivity index (χ4v) is 3.25. The lowest BCUT2D eigenvalue weighted by Gasteiger charge is -2.36. The normalized spacial score (nSPS) is 11.9. The summed E-state index contributed by atoms with van der Waals surface area (Å²) in [6.07, 6.45) is 0. The fraction of sp³-hybridized carbons (Fsp3) is 0.556. The van der Waals surface area contributed by atoms with E-state index in [-0.39, 0.29) is 28.4 Å². The predicted molar refractivity (Wildman–Crippen MR) is 106 cm³/mol. The molecule has 0 aliphatic rings. The lowest BCUT2D eigenvalue weighted by molar-refractivity contribution is -0.137. The zero-order valence-corrected chi connectivity index (χ0v) is 17.8. The molecule has 0 radical (unpaired) electrons. The number of methoxy groups -OCH3 is 1. The van der Waals surface area contributed by atoms with Gasteiger partial charge in [0, 0.05) is 5.69 Å². The van der Waals surface area contributed by atoms with E-state index < -0.39 is 8.32 Å². The second-order valence-corrected chi connectivity index (χ2v) is 13.2. The quantitative estimate of drug-likeness (QED) is 0.542. The van der Waals surface area contributed by atoms with Crippen LogP contribution in [-0.4, -0.2) is 38.8 Å². The molecule has 0 aliphatic heterocycles. The number of benzene rings is 1. The van der Waals surface area contributed by atoms with Crippen LogP contribution in [-0.2, 0) is 25.4 Å². The maximum absolute atomic E-state index is 11.8. The molecule has 1 rings (SSSR count). The summed E-state index contributed by atoms with van der Waals surface area (Å²) < 4.78 is 10.7. The van der Waals surface area contributed by atoms with Crippen molar-refractivity contribution in [2.75, 3.05) is 23.9 Å². The van der Waals surface area contributed by atoms with E-state index in [1.54, 1.807) is 0 Å². The van der Waals surface area contributed by atoms with Crippen LogP contribution < -0.4 is 5.32 Å². The molecule has 0 atom stereocenters. The molecular formula is C18H29NO4SSi. The zero-order valence-electron chi connectivity index (χ0n) is 16.0. The standard InChI is InChI=1S/C18H29NO4SSi/c1-18(2,3)25(5,6)23-11-14-7-9-15(10-8-14)19-16(20)12-24-13-17(21)22-4/h7-10H,11-13H2,1-6H3,(H,19,20). The highest BCUT2D eigenvalue weighted by molar-refractivity contribution is 8.00. The molecule has 1 aromatic rings. The van der Waals surface area contributed by atoms with E-state index in [0.29, 0.717) is 6.61 Å². The summed E-state index contributed by atoms with van der Waals surface area (Å²) in [5, 5.41) is 3.00. The van der Waals surface area contributed by atoms with E-state index in [2.05, 4.69) is 43.9 Å². The smallest absolute Gasteiger partial charge is 0.315 e. The van der Waals surface area contributed by atoms with E-state index in [0.717, 1.165) is 11.3 Å². The topological polar surface area (TPSA) is 64.6 Å². The summed E-state index contributed by atoms with van der Waals surface area (Å²) in [4.78, 5) is 22.8. The van der Waals surface area contributed by atoms with Gasteiger partial charge in [-0.25, -0.2) is 0 Å². The lowest BCUT2D eigenvalue weighted by atomic mass is 10.2. The van der Waals surface area contributed by atoms with Gasteiger partial charge < -0.3 is 14.5 Å². The number of nitrogens with one attached hydrogen (secondary N) is 1. The molecule has 1 N–H and O–H groups in total. The number of esters is 1. The highest BCUT2D eigenvalue weighted by Gasteiger charge is 2.36. The van der Waals surface area contributed by atoms with Gasteiger partial charge in [-0.1, -0.05) is 32.9 Å². The molecule has 0 aliphatic carbocycles. The van der Waals surface area contributed by atoms with Crippen molar-refractivity contribution in [2.24, 2.45) is 0 Å². The molecule has 0 spiro atoms. The Balaban J connectivity index is 2.46. The summed E-state index contributed by atoms with van der Waals surface area (Å²) in [6.45, 7) is 11.7. The summed E-state index contributed by atoms with van der Waals surface area (Å²) in [6, 6.07) is 7.66. The number of amides is 1. The van der Waals surface area contributed by atoms with E-state index in [1.165, 1.54) is 18.9 Å². The molecule has 5 nitrogen and oxygen atoms in total. The van der Waals surface area contributed by atoms with E-state index in [4.69, 9.17) is 4.43 Å². The first-order valence-electron chi connectivity index (χ1n) is 8.22. The zero-order chi connectivity index (χ0) is 19.1. The number of rotatable bonds is 8. The van der Waals surface area contributed by atoms with Crippen LogP contribution >= 0.6 is 11.8 Å². The molecule has 0 bridgehead atoms. The Morgan fingerprint density at radius 1 is 1.12 bits per heavy atom. The van der Waals surface area contributed by atoms with Gasteiger partial charge in [0.15, 0.2) is 8.32 Å². The van der Waals surface area contributed by atoms with Gasteiger partial charge in [0.25, 0.3) is 0 Å². The van der Waals surface area contributed by atoms with Crippen LogP contribution in [0.4, 0.5) is 5.69 Å². The monoisotopic (exact) mass is 383 g/mol. The van der Waals surface area contributed by atoms with E-state index in [1.807, 2.05) is 24.3 Å². The van der Waals surface area contributed by atoms with Crippen molar-refractivity contribution in [3.63, 3.8) is 0 Å². The van der Waals surface area contributed by atoms with Gasteiger partial charge in [-0.05, 0) is 35.8 Å². The van der Waals surface area contributed by atoms with Gasteiger partial charge in [0.05, 0.1) is 25.2 Å². The summed E-state index contributed by atoms with van der Waals surface area (Å²) in [5.41, 5.74) is 1.82. The SMILES string of the molecule is COC(=O)CSCC(=O)Nc1ccc(CO[Si](C)(C)C(C)(C)C)cc1. The highest BCUT2D eigenvalue weighted by atomic mass is 32.2. The molecular weight excluding hydrogens is 354 g/mol. The highest BCUT2D eigenvalue weighted by Crippen LogP contribution is 2.37. The van der Waals surface area contributed by atoms with Gasteiger partial charge >= 0.3 is 5.97 Å². The number of thioether (sulfide) groups is 1. The van der Waals surface area contributed by atoms with Crippen molar-refractivity contribution in [1.82, 2.24) is 0 Å². The van der Waals surface area contributed by atoms with Gasteiger partial charge in [0.2, 0.25) is 5.91 Å². The van der Waals surface area contributed by atoms with Gasteiger partial charge in [-0.3, -0.25) is 9.59 Å². The summed E-state index contributed by atoms with van der Waals surface area (Å²) in [7, 11) is -0.433. The van der Waals surface area contributed by atoms with Crippen LogP contribution in [0.25, 0.3) is 0 Å². The van der Waals surface area contributed by atoms with Gasteiger partial charge in [-0.2, -0.15) is 0 Å². The Hall–Kier alpha value is -1.31. The first-order chi connectivity index (χ1) is 11.5. The summed E-state index contributed by atoms with van der Waals surface area (Å²) >= 11 is 1.23. The minimum Gasteiger partial charge on any atom is -0.468 e. The second kappa shape index (κ2) is 9.40. The predicted octanol–water partition coefficient (Wildman–Crippen LogP) is 4.05.